The van der Waals surface area contributed by atoms with Crippen LogP contribution >= 0.6 is 11.3 Å². The first-order valence-electron chi connectivity index (χ1n) is 10.1. The molecule has 2 saturated heterocycles. The number of morpholine rings is 1. The van der Waals surface area contributed by atoms with Gasteiger partial charge in [-0.15, -0.1) is 0 Å². The van der Waals surface area contributed by atoms with Gasteiger partial charge in [0.15, 0.2) is 15.8 Å². The van der Waals surface area contributed by atoms with Crippen molar-refractivity contribution in [2.24, 2.45) is 0 Å². The molecule has 4 rings (SSSR count). The second kappa shape index (κ2) is 8.27. The van der Waals surface area contributed by atoms with Crippen LogP contribution in [-0.2, 0) is 9.47 Å². The lowest BCUT2D eigenvalue weighted by molar-refractivity contribution is 0.0497. The van der Waals surface area contributed by atoms with Gasteiger partial charge < -0.3 is 24.6 Å². The summed E-state index contributed by atoms with van der Waals surface area (Å²) >= 11 is 1.60. The number of ether oxygens (including phenoxy) is 2. The first kappa shape index (κ1) is 20.1. The van der Waals surface area contributed by atoms with Crippen LogP contribution in [-0.4, -0.2) is 72.1 Å². The first-order chi connectivity index (χ1) is 13.9. The molecule has 0 radical (unpaired) electrons. The molecule has 0 unspecified atom stereocenters. The van der Waals surface area contributed by atoms with E-state index in [0.29, 0.717) is 13.2 Å². The Bertz CT molecular complexity index is 853. The number of piperidine rings is 1. The molecule has 1 amide bonds. The van der Waals surface area contributed by atoms with Crippen molar-refractivity contribution >= 4 is 38.7 Å². The number of hydrogen-bond donors (Lipinski definition) is 1. The third-order valence-corrected chi connectivity index (χ3v) is 5.99. The molecule has 0 saturated carbocycles. The highest BCUT2D eigenvalue weighted by Gasteiger charge is 2.26. The smallest absolute Gasteiger partial charge is 0.407 e. The van der Waals surface area contributed by atoms with Gasteiger partial charge in [0, 0.05) is 32.2 Å². The van der Waals surface area contributed by atoms with Gasteiger partial charge in [0.25, 0.3) is 0 Å². The Kier molecular flexibility index (Phi) is 5.73. The lowest BCUT2D eigenvalue weighted by Crippen LogP contribution is -2.46. The third kappa shape index (κ3) is 4.87. The number of carbonyl (C=O) groups is 1. The maximum Gasteiger partial charge on any atom is 0.407 e. The highest BCUT2D eigenvalue weighted by molar-refractivity contribution is 7.21. The number of carbonyl (C=O) groups excluding carboxylic acids is 1. The molecule has 2 aliphatic heterocycles. The van der Waals surface area contributed by atoms with Crippen LogP contribution in [0.1, 0.15) is 33.6 Å². The van der Waals surface area contributed by atoms with Crippen LogP contribution in [0.3, 0.4) is 0 Å². The van der Waals surface area contributed by atoms with E-state index >= 15 is 0 Å². The quantitative estimate of drug-likeness (QED) is 0.809. The van der Waals surface area contributed by atoms with Crippen molar-refractivity contribution < 1.29 is 14.3 Å². The minimum absolute atomic E-state index is 0.124. The number of nitrogens with one attached hydrogen (secondary N) is 1. The van der Waals surface area contributed by atoms with E-state index in [1.165, 1.54) is 0 Å². The van der Waals surface area contributed by atoms with E-state index in [1.54, 1.807) is 17.7 Å². The van der Waals surface area contributed by atoms with Gasteiger partial charge in [-0.2, -0.15) is 0 Å². The summed E-state index contributed by atoms with van der Waals surface area (Å²) in [6.07, 6.45) is 2.99. The van der Waals surface area contributed by atoms with Crippen molar-refractivity contribution in [3.8, 4) is 0 Å². The minimum atomic E-state index is -0.481. The predicted molar refractivity (Wildman–Crippen MR) is 113 cm³/mol. The number of anilines is 2. The second-order valence-electron chi connectivity index (χ2n) is 8.35. The second-order valence-corrected chi connectivity index (χ2v) is 9.31. The Balaban J connectivity index is 1.40. The van der Waals surface area contributed by atoms with E-state index in [-0.39, 0.29) is 12.1 Å². The van der Waals surface area contributed by atoms with Crippen molar-refractivity contribution in [1.29, 1.82) is 0 Å². The lowest BCUT2D eigenvalue weighted by Gasteiger charge is -2.32. The highest BCUT2D eigenvalue weighted by Crippen LogP contribution is 2.33. The van der Waals surface area contributed by atoms with Gasteiger partial charge in [0.05, 0.1) is 13.2 Å². The molecule has 158 valence electrons. The molecule has 0 aliphatic carbocycles. The maximum atomic E-state index is 12.0. The van der Waals surface area contributed by atoms with Gasteiger partial charge >= 0.3 is 6.09 Å². The molecule has 2 fully saturated rings. The van der Waals surface area contributed by atoms with Crippen molar-refractivity contribution in [2.45, 2.75) is 45.3 Å². The van der Waals surface area contributed by atoms with E-state index in [4.69, 9.17) is 14.5 Å². The average molecular weight is 421 g/mol. The molecule has 0 bridgehead atoms. The molecule has 2 aromatic heterocycles. The van der Waals surface area contributed by atoms with E-state index < -0.39 is 5.60 Å². The van der Waals surface area contributed by atoms with Crippen LogP contribution in [0.15, 0.2) is 6.33 Å². The Hall–Kier alpha value is -2.20. The molecular weight excluding hydrogens is 392 g/mol. The lowest BCUT2D eigenvalue weighted by atomic mass is 10.1. The summed E-state index contributed by atoms with van der Waals surface area (Å²) in [5, 5.41) is 3.94. The summed E-state index contributed by atoms with van der Waals surface area (Å²) in [4.78, 5) is 31.2. The molecule has 1 N–H and O–H groups in total. The molecule has 0 atom stereocenters. The summed E-state index contributed by atoms with van der Waals surface area (Å²) in [6.45, 7) is 10.3. The zero-order chi connectivity index (χ0) is 20.4. The SMILES string of the molecule is CC(C)(C)OC(=O)NC1CCN(c2nc3c(N4CCOCC4)ncnc3s2)CC1. The number of aromatic nitrogens is 3. The fourth-order valence-corrected chi connectivity index (χ4v) is 4.52. The molecule has 0 spiro atoms. The molecule has 29 heavy (non-hydrogen) atoms. The zero-order valence-electron chi connectivity index (χ0n) is 17.2. The van der Waals surface area contributed by atoms with Crippen LogP contribution in [0.25, 0.3) is 10.3 Å². The Labute approximate surface area is 174 Å². The van der Waals surface area contributed by atoms with Crippen molar-refractivity contribution in [3.05, 3.63) is 6.33 Å². The van der Waals surface area contributed by atoms with Crippen LogP contribution in [0.5, 0.6) is 0 Å². The van der Waals surface area contributed by atoms with Gasteiger partial charge in [0.2, 0.25) is 0 Å². The fraction of sp³-hybridized carbons (Fsp3) is 0.684. The summed E-state index contributed by atoms with van der Waals surface area (Å²) in [6, 6.07) is 0.124. The highest BCUT2D eigenvalue weighted by atomic mass is 32.1. The summed E-state index contributed by atoms with van der Waals surface area (Å²) in [5.74, 6) is 0.891. The van der Waals surface area contributed by atoms with Gasteiger partial charge in [-0.05, 0) is 33.6 Å². The number of rotatable bonds is 3. The molecule has 9 nitrogen and oxygen atoms in total. The molecular formula is C19H28N6O3S. The average Bonchev–Trinajstić information content (AvgIpc) is 3.12. The standard InChI is InChI=1S/C19H28N6O3S/c1-19(2,3)28-18(26)22-13-4-6-25(7-5-13)17-23-14-15(20-12-21-16(14)29-17)24-8-10-27-11-9-24/h12-13H,4-11H2,1-3H3,(H,22,26). The Morgan fingerprint density at radius 3 is 2.59 bits per heavy atom. The third-order valence-electron chi connectivity index (χ3n) is 4.96. The van der Waals surface area contributed by atoms with Crippen LogP contribution < -0.4 is 15.1 Å². The van der Waals surface area contributed by atoms with Crippen LogP contribution in [0.4, 0.5) is 15.7 Å². The summed E-state index contributed by atoms with van der Waals surface area (Å²) in [7, 11) is 0. The fourth-order valence-electron chi connectivity index (χ4n) is 3.56. The minimum Gasteiger partial charge on any atom is -0.444 e. The number of nitrogens with zero attached hydrogens (tertiary/aromatic N) is 5. The molecule has 10 heteroatoms. The van der Waals surface area contributed by atoms with Crippen molar-refractivity contribution in [1.82, 2.24) is 20.3 Å². The largest absolute Gasteiger partial charge is 0.444 e. The van der Waals surface area contributed by atoms with E-state index in [2.05, 4.69) is 25.1 Å². The van der Waals surface area contributed by atoms with E-state index in [0.717, 1.165) is 60.3 Å². The topological polar surface area (TPSA) is 92.7 Å². The number of alkyl carbamates (subject to hydrolysis) is 1. The van der Waals surface area contributed by atoms with Gasteiger partial charge in [-0.25, -0.2) is 19.7 Å². The zero-order valence-corrected chi connectivity index (χ0v) is 18.0. The van der Waals surface area contributed by atoms with Gasteiger partial charge in [0.1, 0.15) is 17.4 Å². The van der Waals surface area contributed by atoms with Gasteiger partial charge in [-0.1, -0.05) is 11.3 Å². The number of thiazole rings is 1. The predicted octanol–water partition coefficient (Wildman–Crippen LogP) is 2.42. The number of fused-ring (bicyclic) bond motifs is 1. The molecule has 2 aromatic rings. The van der Waals surface area contributed by atoms with E-state index in [9.17, 15) is 4.79 Å². The summed E-state index contributed by atoms with van der Waals surface area (Å²) in [5.41, 5.74) is 0.383. The summed E-state index contributed by atoms with van der Waals surface area (Å²) < 4.78 is 10.8. The Morgan fingerprint density at radius 2 is 1.90 bits per heavy atom. The Morgan fingerprint density at radius 1 is 1.17 bits per heavy atom. The van der Waals surface area contributed by atoms with Crippen molar-refractivity contribution in [2.75, 3.05) is 49.2 Å². The molecule has 2 aliphatic rings. The van der Waals surface area contributed by atoms with Gasteiger partial charge in [-0.3, -0.25) is 0 Å². The maximum absolute atomic E-state index is 12.0. The monoisotopic (exact) mass is 420 g/mol. The first-order valence-corrected chi connectivity index (χ1v) is 10.9. The molecule has 0 aromatic carbocycles. The normalized spacial score (nSPS) is 18.9. The number of hydrogen-bond acceptors (Lipinski definition) is 9. The van der Waals surface area contributed by atoms with Crippen molar-refractivity contribution in [3.63, 3.8) is 0 Å². The number of amides is 1. The van der Waals surface area contributed by atoms with E-state index in [1.807, 2.05) is 20.8 Å². The van der Waals surface area contributed by atoms with Crippen LogP contribution in [0.2, 0.25) is 0 Å². The molecule has 4 heterocycles. The van der Waals surface area contributed by atoms with Crippen LogP contribution in [0, 0.1) is 0 Å².